The maximum atomic E-state index is 5.34. The molecule has 0 bridgehead atoms. The number of ether oxygens (including phenoxy) is 1. The molecule has 1 aromatic rings. The molecule has 0 saturated carbocycles. The van der Waals surface area contributed by atoms with Gasteiger partial charge in [-0.3, -0.25) is 0 Å². The molecule has 2 rings (SSSR count). The third-order valence-corrected chi connectivity index (χ3v) is 2.21. The van der Waals surface area contributed by atoms with Gasteiger partial charge in [0.1, 0.15) is 6.61 Å². The summed E-state index contributed by atoms with van der Waals surface area (Å²) in [5.41, 5.74) is 0. The molecular weight excluding hydrogens is 148 g/mol. The maximum absolute atomic E-state index is 5.34. The van der Waals surface area contributed by atoms with Crippen LogP contribution in [0.3, 0.4) is 0 Å². The second kappa shape index (κ2) is 2.12. The molecule has 0 amide bonds. The second-order valence-electron chi connectivity index (χ2n) is 2.14. The van der Waals surface area contributed by atoms with Crippen LogP contribution in [0.25, 0.3) is 0 Å². The Morgan fingerprint density at radius 1 is 1.70 bits per heavy atom. The number of hydrogen-bond donors (Lipinski definition) is 1. The molecule has 10 heavy (non-hydrogen) atoms. The fourth-order valence-electron chi connectivity index (χ4n) is 0.931. The average Bonchev–Trinajstić information content (AvgIpc) is 2.27. The maximum Gasteiger partial charge on any atom is 0.219 e. The number of nitrogens with zero attached hydrogens (tertiary/aromatic N) is 1. The summed E-state index contributed by atoms with van der Waals surface area (Å²) in [5.74, 6) is 0.911. The van der Waals surface area contributed by atoms with Gasteiger partial charge in [-0.2, -0.15) is 0 Å². The van der Waals surface area contributed by atoms with Crippen molar-refractivity contribution in [2.45, 2.75) is 6.92 Å². The van der Waals surface area contributed by atoms with Crippen molar-refractivity contribution >= 4 is 17.2 Å². The molecule has 0 fully saturated rings. The Balaban J connectivity index is 2.41. The summed E-state index contributed by atoms with van der Waals surface area (Å²) >= 11 is 1.59. The van der Waals surface area contributed by atoms with E-state index in [-0.39, 0.29) is 0 Å². The van der Waals surface area contributed by atoms with Gasteiger partial charge in [0.15, 0.2) is 5.82 Å². The molecule has 1 N–H and O–H groups in total. The van der Waals surface area contributed by atoms with E-state index >= 15 is 0 Å². The number of rotatable bonds is 0. The zero-order valence-corrected chi connectivity index (χ0v) is 6.49. The first-order chi connectivity index (χ1) is 4.86. The fourth-order valence-corrected chi connectivity index (χ4v) is 1.69. The molecule has 0 unspecified atom stereocenters. The molecule has 0 saturated heterocycles. The number of hydrogen-bond acceptors (Lipinski definition) is 4. The van der Waals surface area contributed by atoms with Crippen molar-refractivity contribution in [3.63, 3.8) is 0 Å². The molecule has 0 aliphatic carbocycles. The van der Waals surface area contributed by atoms with Crippen LogP contribution in [0.5, 0.6) is 5.06 Å². The van der Waals surface area contributed by atoms with Crippen LogP contribution in [0.2, 0.25) is 0 Å². The molecule has 0 spiro atoms. The monoisotopic (exact) mass is 156 g/mol. The lowest BCUT2D eigenvalue weighted by Crippen LogP contribution is -2.16. The van der Waals surface area contributed by atoms with Gasteiger partial charge in [0.2, 0.25) is 5.06 Å². The van der Waals surface area contributed by atoms with E-state index in [0.29, 0.717) is 0 Å². The number of aromatic nitrogens is 1. The molecule has 1 aliphatic heterocycles. The van der Waals surface area contributed by atoms with Crippen LogP contribution in [0, 0.1) is 6.92 Å². The number of anilines is 1. The quantitative estimate of drug-likeness (QED) is 0.614. The van der Waals surface area contributed by atoms with Crippen LogP contribution < -0.4 is 10.1 Å². The molecule has 2 heterocycles. The van der Waals surface area contributed by atoms with Gasteiger partial charge >= 0.3 is 0 Å². The van der Waals surface area contributed by atoms with Gasteiger partial charge in [0, 0.05) is 0 Å². The molecule has 1 aliphatic rings. The van der Waals surface area contributed by atoms with Gasteiger partial charge in [0.25, 0.3) is 0 Å². The van der Waals surface area contributed by atoms with E-state index in [4.69, 9.17) is 4.74 Å². The Morgan fingerprint density at radius 3 is 3.40 bits per heavy atom. The zero-order valence-electron chi connectivity index (χ0n) is 5.68. The smallest absolute Gasteiger partial charge is 0.219 e. The van der Waals surface area contributed by atoms with Crippen LogP contribution >= 0.6 is 11.3 Å². The first-order valence-corrected chi connectivity index (χ1v) is 4.02. The average molecular weight is 156 g/mol. The summed E-state index contributed by atoms with van der Waals surface area (Å²) in [6.07, 6.45) is 0. The summed E-state index contributed by atoms with van der Waals surface area (Å²) in [7, 11) is 0. The van der Waals surface area contributed by atoms with E-state index in [9.17, 15) is 0 Å². The summed E-state index contributed by atoms with van der Waals surface area (Å²) in [6, 6.07) is 0. The summed E-state index contributed by atoms with van der Waals surface area (Å²) in [4.78, 5) is 4.23. The van der Waals surface area contributed by atoms with Crippen molar-refractivity contribution in [3.8, 4) is 5.06 Å². The Labute approximate surface area is 63.0 Å². The van der Waals surface area contributed by atoms with Gasteiger partial charge in [-0.25, -0.2) is 4.98 Å². The molecule has 1 aromatic heterocycles. The summed E-state index contributed by atoms with van der Waals surface area (Å²) in [6.45, 7) is 3.61. The van der Waals surface area contributed by atoms with E-state index in [1.807, 2.05) is 6.92 Å². The van der Waals surface area contributed by atoms with Gasteiger partial charge < -0.3 is 10.1 Å². The molecule has 0 aromatic carbocycles. The number of aryl methyl sites for hydroxylation is 1. The largest absolute Gasteiger partial charge is 0.479 e. The summed E-state index contributed by atoms with van der Waals surface area (Å²) < 4.78 is 5.34. The zero-order chi connectivity index (χ0) is 6.97. The standard InChI is InChI=1S/C6H8N2OS/c1-4-8-5-6(10-4)9-3-2-7-5/h7H,2-3H2,1H3. The van der Waals surface area contributed by atoms with Gasteiger partial charge in [-0.05, 0) is 6.92 Å². The fraction of sp³-hybridized carbons (Fsp3) is 0.500. The highest BCUT2D eigenvalue weighted by Gasteiger charge is 2.13. The molecule has 3 nitrogen and oxygen atoms in total. The topological polar surface area (TPSA) is 34.1 Å². The van der Waals surface area contributed by atoms with Crippen LogP contribution in [0.4, 0.5) is 5.82 Å². The Hall–Kier alpha value is -0.770. The van der Waals surface area contributed by atoms with E-state index in [2.05, 4.69) is 10.3 Å². The highest BCUT2D eigenvalue weighted by atomic mass is 32.1. The lowest BCUT2D eigenvalue weighted by atomic mass is 10.5. The van der Waals surface area contributed by atoms with Crippen LogP contribution in [-0.4, -0.2) is 18.1 Å². The number of fused-ring (bicyclic) bond motifs is 1. The van der Waals surface area contributed by atoms with Crippen molar-refractivity contribution < 1.29 is 4.74 Å². The first kappa shape index (κ1) is 5.97. The molecule has 4 heteroatoms. The Kier molecular flexibility index (Phi) is 1.27. The Bertz CT molecular complexity index is 222. The minimum atomic E-state index is 0.759. The third kappa shape index (κ3) is 0.844. The van der Waals surface area contributed by atoms with E-state index in [1.54, 1.807) is 11.3 Å². The van der Waals surface area contributed by atoms with Crippen molar-refractivity contribution in [2.24, 2.45) is 0 Å². The van der Waals surface area contributed by atoms with Crippen LogP contribution in [0.1, 0.15) is 5.01 Å². The lowest BCUT2D eigenvalue weighted by Gasteiger charge is -2.12. The van der Waals surface area contributed by atoms with Crippen molar-refractivity contribution in [3.05, 3.63) is 5.01 Å². The van der Waals surface area contributed by atoms with Crippen LogP contribution in [-0.2, 0) is 0 Å². The van der Waals surface area contributed by atoms with Gasteiger partial charge in [-0.1, -0.05) is 11.3 Å². The molecule has 0 atom stereocenters. The minimum Gasteiger partial charge on any atom is -0.479 e. The van der Waals surface area contributed by atoms with Gasteiger partial charge in [0.05, 0.1) is 11.6 Å². The van der Waals surface area contributed by atoms with E-state index in [0.717, 1.165) is 29.0 Å². The van der Waals surface area contributed by atoms with Crippen molar-refractivity contribution in [2.75, 3.05) is 18.5 Å². The van der Waals surface area contributed by atoms with E-state index < -0.39 is 0 Å². The lowest BCUT2D eigenvalue weighted by molar-refractivity contribution is 0.332. The number of nitrogens with one attached hydrogen (secondary N) is 1. The van der Waals surface area contributed by atoms with Gasteiger partial charge in [-0.15, -0.1) is 0 Å². The SMILES string of the molecule is Cc1nc2c(s1)OCCN2. The molecule has 54 valence electrons. The first-order valence-electron chi connectivity index (χ1n) is 3.20. The van der Waals surface area contributed by atoms with Crippen LogP contribution in [0.15, 0.2) is 0 Å². The summed E-state index contributed by atoms with van der Waals surface area (Å²) in [5, 5.41) is 5.15. The second-order valence-corrected chi connectivity index (χ2v) is 3.31. The predicted molar refractivity (Wildman–Crippen MR) is 40.8 cm³/mol. The predicted octanol–water partition coefficient (Wildman–Crippen LogP) is 1.26. The van der Waals surface area contributed by atoms with Crippen molar-refractivity contribution in [1.82, 2.24) is 4.98 Å². The Morgan fingerprint density at radius 2 is 2.60 bits per heavy atom. The highest BCUT2D eigenvalue weighted by Crippen LogP contribution is 2.32. The number of thiazole rings is 1. The highest BCUT2D eigenvalue weighted by molar-refractivity contribution is 7.14. The molecule has 0 radical (unpaired) electrons. The minimum absolute atomic E-state index is 0.759. The third-order valence-electron chi connectivity index (χ3n) is 1.33. The molecular formula is C6H8N2OS. The van der Waals surface area contributed by atoms with E-state index in [1.165, 1.54) is 0 Å². The van der Waals surface area contributed by atoms with Crippen molar-refractivity contribution in [1.29, 1.82) is 0 Å². The normalized spacial score (nSPS) is 15.3.